The number of amides is 1. The molecule has 2 rings (SSSR count). The second-order valence-electron chi connectivity index (χ2n) is 7.49. The van der Waals surface area contributed by atoms with Gasteiger partial charge in [0, 0.05) is 16.5 Å². The Labute approximate surface area is 157 Å². The summed E-state index contributed by atoms with van der Waals surface area (Å²) in [6.45, 7) is 11.9. The molecule has 0 saturated heterocycles. The molecular formula is C20H25NO6. The van der Waals surface area contributed by atoms with E-state index in [9.17, 15) is 14.4 Å². The third-order valence-electron chi connectivity index (χ3n) is 4.12. The smallest absolute Gasteiger partial charge is 0.408 e. The van der Waals surface area contributed by atoms with E-state index < -0.39 is 29.3 Å². The van der Waals surface area contributed by atoms with Gasteiger partial charge < -0.3 is 19.2 Å². The van der Waals surface area contributed by atoms with Crippen molar-refractivity contribution in [2.24, 2.45) is 0 Å². The van der Waals surface area contributed by atoms with Gasteiger partial charge in [0.25, 0.3) is 0 Å². The Hall–Kier alpha value is -2.83. The van der Waals surface area contributed by atoms with Crippen LogP contribution in [0.2, 0.25) is 0 Å². The number of aryl methyl sites for hydroxylation is 2. The molecule has 1 atom stereocenters. The topological polar surface area (TPSA) is 94.8 Å². The van der Waals surface area contributed by atoms with Gasteiger partial charge in [-0.15, -0.1) is 0 Å². The summed E-state index contributed by atoms with van der Waals surface area (Å²) >= 11 is 0. The molecule has 0 aliphatic rings. The molecule has 1 aromatic carbocycles. The van der Waals surface area contributed by atoms with E-state index in [1.54, 1.807) is 46.8 Å². The highest BCUT2D eigenvalue weighted by Crippen LogP contribution is 2.29. The third kappa shape index (κ3) is 4.67. The van der Waals surface area contributed by atoms with Crippen LogP contribution in [0.15, 0.2) is 21.3 Å². The minimum atomic E-state index is -0.915. The van der Waals surface area contributed by atoms with Gasteiger partial charge in [0.05, 0.1) is 0 Å². The van der Waals surface area contributed by atoms with Gasteiger partial charge in [-0.3, -0.25) is 0 Å². The number of esters is 1. The summed E-state index contributed by atoms with van der Waals surface area (Å²) in [5.41, 5.74) is 1.18. The fraction of sp³-hybridized carbons (Fsp3) is 0.450. The molecule has 0 radical (unpaired) electrons. The first-order valence-corrected chi connectivity index (χ1v) is 8.65. The van der Waals surface area contributed by atoms with E-state index in [0.717, 1.165) is 10.9 Å². The minimum Gasteiger partial charge on any atom is -0.444 e. The molecule has 2 aromatic rings. The molecule has 146 valence electrons. The van der Waals surface area contributed by atoms with Gasteiger partial charge in [-0.25, -0.2) is 14.4 Å². The zero-order valence-electron chi connectivity index (χ0n) is 16.7. The molecule has 27 heavy (non-hydrogen) atoms. The lowest BCUT2D eigenvalue weighted by Crippen LogP contribution is -2.43. The first kappa shape index (κ1) is 20.5. The third-order valence-corrected chi connectivity index (χ3v) is 4.12. The van der Waals surface area contributed by atoms with Crippen LogP contribution in [0, 0.1) is 20.8 Å². The number of hydrogen-bond donors (Lipinski definition) is 1. The highest BCUT2D eigenvalue weighted by atomic mass is 16.6. The first-order chi connectivity index (χ1) is 12.4. The quantitative estimate of drug-likeness (QED) is 0.501. The van der Waals surface area contributed by atoms with Crippen molar-refractivity contribution in [3.05, 3.63) is 39.2 Å². The fourth-order valence-corrected chi connectivity index (χ4v) is 2.48. The van der Waals surface area contributed by atoms with Crippen molar-refractivity contribution < 1.29 is 23.5 Å². The van der Waals surface area contributed by atoms with Gasteiger partial charge in [-0.2, -0.15) is 0 Å². The van der Waals surface area contributed by atoms with Gasteiger partial charge in [-0.05, 0) is 66.2 Å². The molecule has 1 N–H and O–H groups in total. The summed E-state index contributed by atoms with van der Waals surface area (Å²) in [5.74, 6) is -0.397. The van der Waals surface area contributed by atoms with Crippen molar-refractivity contribution in [2.75, 3.05) is 0 Å². The molecule has 0 aliphatic carbocycles. The van der Waals surface area contributed by atoms with Crippen LogP contribution in [0.4, 0.5) is 4.79 Å². The van der Waals surface area contributed by atoms with Crippen molar-refractivity contribution in [1.29, 1.82) is 0 Å². The SMILES string of the molecule is Cc1c(C)c2ccc(OC(=O)[C@H](C)NC(=O)OC(C)(C)C)c(C)c2oc1=O. The van der Waals surface area contributed by atoms with E-state index in [4.69, 9.17) is 13.9 Å². The summed E-state index contributed by atoms with van der Waals surface area (Å²) in [6.07, 6.45) is -0.709. The maximum atomic E-state index is 12.3. The average Bonchev–Trinajstić information content (AvgIpc) is 2.54. The van der Waals surface area contributed by atoms with Crippen LogP contribution in [-0.4, -0.2) is 23.7 Å². The largest absolute Gasteiger partial charge is 0.444 e. The number of rotatable bonds is 3. The van der Waals surface area contributed by atoms with Gasteiger partial charge in [-0.1, -0.05) is 0 Å². The number of carbonyl (C=O) groups is 2. The highest BCUT2D eigenvalue weighted by molar-refractivity contribution is 5.88. The van der Waals surface area contributed by atoms with Crippen LogP contribution >= 0.6 is 0 Å². The molecule has 1 aromatic heterocycles. The van der Waals surface area contributed by atoms with E-state index in [0.29, 0.717) is 16.7 Å². The standard InChI is InChI=1S/C20H25NO6/c1-10-11(2)17(22)26-16-12(3)15(9-8-14(10)16)25-18(23)13(4)21-19(24)27-20(5,6)7/h8-9,13H,1-7H3,(H,21,24)/t13-/m0/s1. The minimum absolute atomic E-state index is 0.261. The summed E-state index contributed by atoms with van der Waals surface area (Å²) in [5, 5.41) is 3.21. The lowest BCUT2D eigenvalue weighted by Gasteiger charge is -2.21. The Morgan fingerprint density at radius 1 is 1.07 bits per heavy atom. The summed E-state index contributed by atoms with van der Waals surface area (Å²) in [4.78, 5) is 36.0. The number of carbonyl (C=O) groups excluding carboxylic acids is 2. The van der Waals surface area contributed by atoms with Crippen molar-refractivity contribution >= 4 is 23.0 Å². The van der Waals surface area contributed by atoms with Gasteiger partial charge in [0.2, 0.25) is 0 Å². The Bertz CT molecular complexity index is 952. The number of benzene rings is 1. The van der Waals surface area contributed by atoms with E-state index in [-0.39, 0.29) is 5.75 Å². The predicted octanol–water partition coefficient (Wildman–Crippen LogP) is 3.54. The summed E-state index contributed by atoms with van der Waals surface area (Å²) in [6, 6.07) is 2.46. The van der Waals surface area contributed by atoms with Crippen LogP contribution in [0.3, 0.4) is 0 Å². The predicted molar refractivity (Wildman–Crippen MR) is 101 cm³/mol. The molecule has 0 bridgehead atoms. The van der Waals surface area contributed by atoms with E-state index in [1.165, 1.54) is 6.92 Å². The zero-order chi connectivity index (χ0) is 20.5. The van der Waals surface area contributed by atoms with Crippen molar-refractivity contribution in [2.45, 2.75) is 60.1 Å². The van der Waals surface area contributed by atoms with Crippen LogP contribution in [0.1, 0.15) is 44.4 Å². The molecule has 0 spiro atoms. The Kier molecular flexibility index (Phi) is 5.63. The fourth-order valence-electron chi connectivity index (χ4n) is 2.48. The maximum absolute atomic E-state index is 12.3. The van der Waals surface area contributed by atoms with Crippen LogP contribution in [-0.2, 0) is 9.53 Å². The second-order valence-corrected chi connectivity index (χ2v) is 7.49. The molecule has 0 unspecified atom stereocenters. The van der Waals surface area contributed by atoms with Crippen LogP contribution in [0.5, 0.6) is 5.75 Å². The molecular weight excluding hydrogens is 350 g/mol. The van der Waals surface area contributed by atoms with Crippen molar-refractivity contribution in [3.63, 3.8) is 0 Å². The van der Waals surface area contributed by atoms with Crippen LogP contribution < -0.4 is 15.7 Å². The molecule has 0 saturated carbocycles. The molecule has 7 nitrogen and oxygen atoms in total. The lowest BCUT2D eigenvalue weighted by atomic mass is 10.0. The molecule has 7 heteroatoms. The van der Waals surface area contributed by atoms with E-state index in [1.807, 2.05) is 6.92 Å². The number of ether oxygens (including phenoxy) is 2. The molecule has 1 amide bonds. The second kappa shape index (κ2) is 7.42. The summed E-state index contributed by atoms with van der Waals surface area (Å²) < 4.78 is 15.9. The Morgan fingerprint density at radius 2 is 1.70 bits per heavy atom. The molecule has 0 fully saturated rings. The number of alkyl carbamates (subject to hydrolysis) is 1. The molecule has 0 aliphatic heterocycles. The normalized spacial score (nSPS) is 12.6. The number of hydrogen-bond acceptors (Lipinski definition) is 6. The monoisotopic (exact) mass is 375 g/mol. The van der Waals surface area contributed by atoms with E-state index >= 15 is 0 Å². The lowest BCUT2D eigenvalue weighted by molar-refractivity contribution is -0.136. The van der Waals surface area contributed by atoms with E-state index in [2.05, 4.69) is 5.32 Å². The maximum Gasteiger partial charge on any atom is 0.408 e. The average molecular weight is 375 g/mol. The Morgan fingerprint density at radius 3 is 2.30 bits per heavy atom. The van der Waals surface area contributed by atoms with Crippen molar-refractivity contribution in [1.82, 2.24) is 5.32 Å². The summed E-state index contributed by atoms with van der Waals surface area (Å²) in [7, 11) is 0. The van der Waals surface area contributed by atoms with Gasteiger partial charge >= 0.3 is 17.7 Å². The first-order valence-electron chi connectivity index (χ1n) is 8.65. The van der Waals surface area contributed by atoms with Crippen LogP contribution in [0.25, 0.3) is 11.0 Å². The zero-order valence-corrected chi connectivity index (χ0v) is 16.7. The number of nitrogens with one attached hydrogen (secondary N) is 1. The van der Waals surface area contributed by atoms with Crippen molar-refractivity contribution in [3.8, 4) is 5.75 Å². The van der Waals surface area contributed by atoms with Gasteiger partial charge in [0.1, 0.15) is 23.0 Å². The van der Waals surface area contributed by atoms with Gasteiger partial charge in [0.15, 0.2) is 0 Å². The number of fused-ring (bicyclic) bond motifs is 1. The molecule has 1 heterocycles. The Balaban J connectivity index is 2.22. The highest BCUT2D eigenvalue weighted by Gasteiger charge is 2.23.